The third kappa shape index (κ3) is 4.90. The number of rotatable bonds is 7. The van der Waals surface area contributed by atoms with Gasteiger partial charge in [0.1, 0.15) is 10.6 Å². The number of carbonyl (C=O) groups is 2. The molecule has 0 aromatic heterocycles. The molecule has 0 saturated heterocycles. The molecule has 0 aliphatic rings. The lowest BCUT2D eigenvalue weighted by molar-refractivity contribution is -0.116. The first-order chi connectivity index (χ1) is 12.5. The Hall–Kier alpha value is -2.71. The molecular weight excluding hydrogens is 358 g/mol. The minimum Gasteiger partial charge on any atom is -0.465 e. The molecule has 0 heterocycles. The van der Waals surface area contributed by atoms with Crippen molar-refractivity contribution in [3.63, 3.8) is 0 Å². The van der Waals surface area contributed by atoms with Gasteiger partial charge in [0, 0.05) is 6.42 Å². The van der Waals surface area contributed by atoms with Crippen LogP contribution in [0.25, 0.3) is 0 Å². The van der Waals surface area contributed by atoms with Gasteiger partial charge in [-0.3, -0.25) is 4.79 Å². The summed E-state index contributed by atoms with van der Waals surface area (Å²) < 4.78 is 31.8. The Labute approximate surface area is 153 Å². The van der Waals surface area contributed by atoms with Crippen LogP contribution in [-0.2, 0) is 20.6 Å². The van der Waals surface area contributed by atoms with E-state index in [0.717, 1.165) is 0 Å². The van der Waals surface area contributed by atoms with Crippen molar-refractivity contribution >= 4 is 28.6 Å². The number of nitrogens with one attached hydrogen (secondary N) is 1. The van der Waals surface area contributed by atoms with Crippen LogP contribution in [0.2, 0.25) is 0 Å². The molecular formula is C18H19NO6S. The maximum absolute atomic E-state index is 12.0. The first-order valence-corrected chi connectivity index (χ1v) is 8.97. The van der Waals surface area contributed by atoms with Gasteiger partial charge in [0.25, 0.3) is 0 Å². The van der Waals surface area contributed by atoms with E-state index in [1.165, 1.54) is 19.2 Å². The van der Waals surface area contributed by atoms with Crippen LogP contribution in [0.15, 0.2) is 47.4 Å². The highest BCUT2D eigenvalue weighted by atomic mass is 32.2. The largest absolute Gasteiger partial charge is 0.465 e. The highest BCUT2D eigenvalue weighted by Crippen LogP contribution is 2.37. The van der Waals surface area contributed by atoms with Gasteiger partial charge in [-0.05, 0) is 30.7 Å². The Morgan fingerprint density at radius 1 is 1.19 bits per heavy atom. The van der Waals surface area contributed by atoms with Crippen LogP contribution in [0.5, 0.6) is 11.5 Å². The van der Waals surface area contributed by atoms with E-state index in [9.17, 15) is 18.4 Å². The number of esters is 1. The second-order valence-corrected chi connectivity index (χ2v) is 6.24. The summed E-state index contributed by atoms with van der Waals surface area (Å²) >= 11 is -2.46. The van der Waals surface area contributed by atoms with Gasteiger partial charge >= 0.3 is 5.97 Å². The minimum atomic E-state index is -2.46. The predicted molar refractivity (Wildman–Crippen MR) is 96.9 cm³/mol. The molecule has 26 heavy (non-hydrogen) atoms. The second kappa shape index (κ2) is 9.12. The quantitative estimate of drug-likeness (QED) is 0.565. The topological polar surface area (TPSA) is 102 Å². The number of hydrogen-bond acceptors (Lipinski definition) is 5. The van der Waals surface area contributed by atoms with Gasteiger partial charge in [0.05, 0.1) is 18.4 Å². The van der Waals surface area contributed by atoms with Crippen molar-refractivity contribution in [1.82, 2.24) is 0 Å². The molecule has 2 aromatic carbocycles. The highest BCUT2D eigenvalue weighted by molar-refractivity contribution is 7.79. The smallest absolute Gasteiger partial charge is 0.337 e. The van der Waals surface area contributed by atoms with Crippen molar-refractivity contribution in [3.05, 3.63) is 48.0 Å². The van der Waals surface area contributed by atoms with Gasteiger partial charge in [0.15, 0.2) is 16.8 Å². The first-order valence-electron chi connectivity index (χ1n) is 7.86. The molecule has 7 nitrogen and oxygen atoms in total. The minimum absolute atomic E-state index is 0.00543. The fourth-order valence-electron chi connectivity index (χ4n) is 2.21. The van der Waals surface area contributed by atoms with E-state index in [0.29, 0.717) is 12.2 Å². The van der Waals surface area contributed by atoms with Crippen LogP contribution in [0.3, 0.4) is 0 Å². The highest BCUT2D eigenvalue weighted by Gasteiger charge is 2.21. The molecule has 1 atom stereocenters. The lowest BCUT2D eigenvalue weighted by Gasteiger charge is -2.16. The Kier molecular flexibility index (Phi) is 6.88. The van der Waals surface area contributed by atoms with Crippen LogP contribution < -0.4 is 10.1 Å². The Bertz CT molecular complexity index is 822. The molecule has 0 radical (unpaired) electrons. The Morgan fingerprint density at radius 3 is 2.46 bits per heavy atom. The normalized spacial score (nSPS) is 11.5. The molecule has 138 valence electrons. The number of hydrogen-bond donors (Lipinski definition) is 2. The van der Waals surface area contributed by atoms with Gasteiger partial charge in [-0.1, -0.05) is 25.1 Å². The summed E-state index contributed by atoms with van der Waals surface area (Å²) in [5.74, 6) is -0.596. The average Bonchev–Trinajstić information content (AvgIpc) is 2.63. The summed E-state index contributed by atoms with van der Waals surface area (Å²) in [7, 11) is 1.20. The molecule has 1 unspecified atom stereocenters. The van der Waals surface area contributed by atoms with Gasteiger partial charge in [0.2, 0.25) is 5.91 Å². The summed E-state index contributed by atoms with van der Waals surface area (Å²) in [4.78, 5) is 23.7. The molecule has 8 heteroatoms. The zero-order chi connectivity index (χ0) is 19.1. The van der Waals surface area contributed by atoms with Crippen LogP contribution in [-0.4, -0.2) is 27.7 Å². The van der Waals surface area contributed by atoms with Gasteiger partial charge in [-0.15, -0.1) is 0 Å². The maximum atomic E-state index is 12.0. The van der Waals surface area contributed by atoms with Crippen molar-refractivity contribution in [2.45, 2.75) is 24.7 Å². The zero-order valence-electron chi connectivity index (χ0n) is 14.4. The number of para-hydroxylation sites is 1. The first kappa shape index (κ1) is 19.6. The van der Waals surface area contributed by atoms with Crippen LogP contribution in [0.4, 0.5) is 5.69 Å². The van der Waals surface area contributed by atoms with E-state index in [1.807, 2.05) is 6.92 Å². The fourth-order valence-corrected chi connectivity index (χ4v) is 2.75. The van der Waals surface area contributed by atoms with E-state index in [-0.39, 0.29) is 34.2 Å². The molecule has 1 amide bonds. The molecule has 0 fully saturated rings. The molecule has 0 bridgehead atoms. The summed E-state index contributed by atoms with van der Waals surface area (Å²) in [6.45, 7) is 1.85. The molecule has 2 N–H and O–H groups in total. The van der Waals surface area contributed by atoms with Gasteiger partial charge < -0.3 is 19.3 Å². The van der Waals surface area contributed by atoms with Gasteiger partial charge in [-0.2, -0.15) is 0 Å². The summed E-state index contributed by atoms with van der Waals surface area (Å²) in [5, 5.41) is 2.63. The van der Waals surface area contributed by atoms with Crippen molar-refractivity contribution in [1.29, 1.82) is 0 Å². The summed E-state index contributed by atoms with van der Waals surface area (Å²) in [5.41, 5.74) is 0.143. The number of methoxy groups -OCH3 is 1. The monoisotopic (exact) mass is 377 g/mol. The molecule has 0 aliphatic carbocycles. The molecule has 2 rings (SSSR count). The average molecular weight is 377 g/mol. The SMILES string of the molecule is CCCC(=O)Nc1cc(C(=O)OC)cc(S(=O)O)c1Oc1ccccc1. The Morgan fingerprint density at radius 2 is 1.88 bits per heavy atom. The third-order valence-corrected chi connectivity index (χ3v) is 4.06. The lowest BCUT2D eigenvalue weighted by atomic mass is 10.1. The van der Waals surface area contributed by atoms with Crippen molar-refractivity contribution in [3.8, 4) is 11.5 Å². The number of amides is 1. The fraction of sp³-hybridized carbons (Fsp3) is 0.222. The zero-order valence-corrected chi connectivity index (χ0v) is 15.2. The molecule has 0 saturated carbocycles. The maximum Gasteiger partial charge on any atom is 0.337 e. The van der Waals surface area contributed by atoms with Crippen LogP contribution >= 0.6 is 0 Å². The molecule has 0 aliphatic heterocycles. The van der Waals surface area contributed by atoms with E-state index in [1.54, 1.807) is 30.3 Å². The summed E-state index contributed by atoms with van der Waals surface area (Å²) in [6.07, 6.45) is 0.876. The number of carbonyl (C=O) groups excluding carboxylic acids is 2. The number of benzene rings is 2. The lowest BCUT2D eigenvalue weighted by Crippen LogP contribution is -2.14. The number of anilines is 1. The van der Waals surface area contributed by atoms with Gasteiger partial charge in [-0.25, -0.2) is 9.00 Å². The molecule has 0 spiro atoms. The second-order valence-electron chi connectivity index (χ2n) is 5.31. The number of ether oxygens (including phenoxy) is 2. The van der Waals surface area contributed by atoms with Crippen LogP contribution in [0.1, 0.15) is 30.1 Å². The van der Waals surface area contributed by atoms with E-state index < -0.39 is 17.0 Å². The van der Waals surface area contributed by atoms with Crippen molar-refractivity contribution in [2.75, 3.05) is 12.4 Å². The van der Waals surface area contributed by atoms with E-state index in [4.69, 9.17) is 4.74 Å². The standard InChI is InChI=1S/C18H19NO6S/c1-3-7-16(20)19-14-10-12(18(21)24-2)11-15(26(22)23)17(14)25-13-8-5-4-6-9-13/h4-6,8-11H,3,7H2,1-2H3,(H,19,20)(H,22,23). The summed E-state index contributed by atoms with van der Waals surface area (Å²) in [6, 6.07) is 11.2. The van der Waals surface area contributed by atoms with E-state index >= 15 is 0 Å². The van der Waals surface area contributed by atoms with Crippen LogP contribution in [0, 0.1) is 0 Å². The van der Waals surface area contributed by atoms with Crippen molar-refractivity contribution < 1.29 is 27.8 Å². The predicted octanol–water partition coefficient (Wildman–Crippen LogP) is 3.58. The third-order valence-electron chi connectivity index (χ3n) is 3.38. The van der Waals surface area contributed by atoms with E-state index in [2.05, 4.69) is 10.1 Å². The molecule has 2 aromatic rings. The van der Waals surface area contributed by atoms with Crippen molar-refractivity contribution in [2.24, 2.45) is 0 Å². The Balaban J connectivity index is 2.57.